The zero-order chi connectivity index (χ0) is 23.0. The van der Waals surface area contributed by atoms with Crippen LogP contribution in [0.5, 0.6) is 0 Å². The summed E-state index contributed by atoms with van der Waals surface area (Å²) < 4.78 is 80.2. The summed E-state index contributed by atoms with van der Waals surface area (Å²) in [6.45, 7) is 1.95. The lowest BCUT2D eigenvalue weighted by Crippen LogP contribution is -2.34. The molecule has 1 saturated carbocycles. The summed E-state index contributed by atoms with van der Waals surface area (Å²) in [5.41, 5.74) is -0.897. The first-order valence-corrected chi connectivity index (χ1v) is 10.8. The highest BCUT2D eigenvalue weighted by Crippen LogP contribution is 2.57. The van der Waals surface area contributed by atoms with Crippen LogP contribution < -0.4 is 10.6 Å². The van der Waals surface area contributed by atoms with Gasteiger partial charge in [0.25, 0.3) is 0 Å². The smallest absolute Gasteiger partial charge is 0.306 e. The topological polar surface area (TPSA) is 3.24 Å². The molecule has 0 heterocycles. The molecule has 1 atom stereocenters. The minimum Gasteiger partial charge on any atom is -0.306 e. The number of benzene rings is 2. The third-order valence-electron chi connectivity index (χ3n) is 5.15. The quantitative estimate of drug-likeness (QED) is 0.404. The molecule has 2 aromatic carbocycles. The van der Waals surface area contributed by atoms with E-state index >= 15 is 0 Å². The van der Waals surface area contributed by atoms with E-state index in [-0.39, 0.29) is 6.04 Å². The Hall–Kier alpha value is -1.59. The second kappa shape index (κ2) is 9.11. The third kappa shape index (κ3) is 5.43. The van der Waals surface area contributed by atoms with E-state index in [0.717, 1.165) is 35.8 Å². The van der Waals surface area contributed by atoms with Crippen molar-refractivity contribution < 1.29 is 26.3 Å². The van der Waals surface area contributed by atoms with Crippen LogP contribution in [0.3, 0.4) is 0 Å². The van der Waals surface area contributed by atoms with Crippen LogP contribution in [0.15, 0.2) is 48.5 Å². The normalized spacial score (nSPS) is 17.6. The van der Waals surface area contributed by atoms with Crippen molar-refractivity contribution >= 4 is 18.5 Å². The van der Waals surface area contributed by atoms with Gasteiger partial charge < -0.3 is 4.90 Å². The molecule has 0 unspecified atom stereocenters. The maximum atomic E-state index is 13.4. The van der Waals surface area contributed by atoms with Crippen molar-refractivity contribution in [2.75, 3.05) is 14.1 Å². The lowest BCUT2D eigenvalue weighted by atomic mass is 9.98. The molecule has 0 amide bonds. The van der Waals surface area contributed by atoms with Gasteiger partial charge in [-0.05, 0) is 83.1 Å². The second-order valence-corrected chi connectivity index (χ2v) is 9.62. The molecule has 1 aliphatic carbocycles. The Morgan fingerprint density at radius 3 is 1.68 bits per heavy atom. The fourth-order valence-corrected chi connectivity index (χ4v) is 5.95. The molecule has 31 heavy (non-hydrogen) atoms. The van der Waals surface area contributed by atoms with Crippen molar-refractivity contribution in [1.82, 2.24) is 4.90 Å². The summed E-state index contributed by atoms with van der Waals surface area (Å²) in [4.78, 5) is 1.95. The Kier molecular flexibility index (Phi) is 7.07. The molecule has 0 bridgehead atoms. The monoisotopic (exact) mass is 456 g/mol. The fraction of sp³-hybridized carbons (Fsp3) is 0.261. The van der Waals surface area contributed by atoms with Gasteiger partial charge in [0.2, 0.25) is 0 Å². The number of halogens is 6. The first-order valence-electron chi connectivity index (χ1n) is 9.46. The van der Waals surface area contributed by atoms with E-state index in [4.69, 9.17) is 0 Å². The van der Waals surface area contributed by atoms with E-state index in [0.29, 0.717) is 10.6 Å². The largest absolute Gasteiger partial charge is 0.416 e. The Labute approximate surface area is 180 Å². The second-order valence-electron chi connectivity index (χ2n) is 7.44. The third-order valence-corrected chi connectivity index (χ3v) is 7.63. The number of alkyl halides is 6. The molecule has 165 valence electrons. The molecule has 3 rings (SSSR count). The van der Waals surface area contributed by atoms with E-state index in [1.165, 1.54) is 12.1 Å². The molecule has 0 spiro atoms. The van der Waals surface area contributed by atoms with Crippen molar-refractivity contribution in [2.24, 2.45) is 0 Å². The molecule has 0 aliphatic heterocycles. The van der Waals surface area contributed by atoms with E-state index in [2.05, 4.69) is 0 Å². The molecule has 1 aliphatic rings. The van der Waals surface area contributed by atoms with Crippen molar-refractivity contribution in [2.45, 2.75) is 25.3 Å². The van der Waals surface area contributed by atoms with Gasteiger partial charge in [-0.25, -0.2) is 0 Å². The maximum Gasteiger partial charge on any atom is 0.416 e. The van der Waals surface area contributed by atoms with E-state index in [9.17, 15) is 26.3 Å². The summed E-state index contributed by atoms with van der Waals surface area (Å²) >= 11 is 0. The van der Waals surface area contributed by atoms with Gasteiger partial charge in [0, 0.05) is 17.6 Å². The van der Waals surface area contributed by atoms with Gasteiger partial charge in [-0.1, -0.05) is 24.3 Å². The zero-order valence-corrected chi connectivity index (χ0v) is 18.0. The lowest BCUT2D eigenvalue weighted by molar-refractivity contribution is -0.138. The van der Waals surface area contributed by atoms with Crippen LogP contribution in [0.4, 0.5) is 26.3 Å². The first-order chi connectivity index (χ1) is 14.4. The molecule has 1 nitrogen and oxygen atoms in total. The lowest BCUT2D eigenvalue weighted by Gasteiger charge is -2.35. The number of rotatable bonds is 5. The molecule has 5 radical (unpaired) electrons. The summed E-state index contributed by atoms with van der Waals surface area (Å²) in [6, 6.07) is 9.68. The van der Waals surface area contributed by atoms with Gasteiger partial charge in [0.15, 0.2) is 0 Å². The molecule has 0 aromatic heterocycles. The standard InChI is InChI=1S/C23H21F6NP/c1-15(30(2)3)20-11-6-12-21(20)31(18-9-4-7-16(13-18)22(24,25)26)19-10-5-8-17(14-19)23(27,28)29/h4-15H,1-3H3/t15-/m1/s1. The predicted molar refractivity (Wildman–Crippen MR) is 112 cm³/mol. The van der Waals surface area contributed by atoms with E-state index < -0.39 is 31.4 Å². The highest BCUT2D eigenvalue weighted by Gasteiger charge is 2.42. The molecule has 0 saturated heterocycles. The number of nitrogens with zero attached hydrogens (tertiary/aromatic N) is 1. The van der Waals surface area contributed by atoms with E-state index in [1.54, 1.807) is 25.0 Å². The van der Waals surface area contributed by atoms with Gasteiger partial charge in [-0.15, -0.1) is 0 Å². The Morgan fingerprint density at radius 1 is 0.774 bits per heavy atom. The van der Waals surface area contributed by atoms with Crippen LogP contribution in [0.2, 0.25) is 0 Å². The van der Waals surface area contributed by atoms with E-state index in [1.807, 2.05) is 32.3 Å². The first kappa shape index (κ1) is 24.1. The molecule has 8 heteroatoms. The molecular formula is C23H21F6NP. The zero-order valence-electron chi connectivity index (χ0n) is 17.1. The van der Waals surface area contributed by atoms with Crippen LogP contribution in [-0.4, -0.2) is 25.0 Å². The van der Waals surface area contributed by atoms with Crippen LogP contribution in [-0.2, 0) is 12.4 Å². The number of hydrogen-bond acceptors (Lipinski definition) is 1. The minimum atomic E-state index is -4.55. The molecule has 0 N–H and O–H groups in total. The fourth-order valence-electron chi connectivity index (χ4n) is 3.33. The van der Waals surface area contributed by atoms with Gasteiger partial charge in [-0.3, -0.25) is 0 Å². The van der Waals surface area contributed by atoms with Crippen LogP contribution in [0, 0.1) is 30.8 Å². The van der Waals surface area contributed by atoms with Gasteiger partial charge >= 0.3 is 12.4 Å². The molecule has 1 fully saturated rings. The maximum absolute atomic E-state index is 13.4. The van der Waals surface area contributed by atoms with Crippen molar-refractivity contribution in [3.8, 4) is 0 Å². The number of hydrogen-bond donors (Lipinski definition) is 0. The van der Waals surface area contributed by atoms with Crippen LogP contribution in [0.1, 0.15) is 18.1 Å². The summed E-state index contributed by atoms with van der Waals surface area (Å²) in [5, 5.41) is 0.699. The minimum absolute atomic E-state index is 0.0633. The predicted octanol–water partition coefficient (Wildman–Crippen LogP) is 5.84. The van der Waals surface area contributed by atoms with Crippen LogP contribution >= 0.6 is 7.92 Å². The average molecular weight is 456 g/mol. The summed E-state index contributed by atoms with van der Waals surface area (Å²) in [5.74, 6) is 0.880. The van der Waals surface area contributed by atoms with Crippen molar-refractivity contribution in [3.63, 3.8) is 0 Å². The Morgan fingerprint density at radius 2 is 1.26 bits per heavy atom. The average Bonchev–Trinajstić information content (AvgIpc) is 3.16. The highest BCUT2D eigenvalue weighted by molar-refractivity contribution is 7.76. The molecular weight excluding hydrogens is 435 g/mol. The highest BCUT2D eigenvalue weighted by atomic mass is 31.1. The summed E-state index contributed by atoms with van der Waals surface area (Å²) in [7, 11) is 2.11. The van der Waals surface area contributed by atoms with Crippen molar-refractivity contribution in [3.05, 3.63) is 90.5 Å². The van der Waals surface area contributed by atoms with Gasteiger partial charge in [-0.2, -0.15) is 26.3 Å². The van der Waals surface area contributed by atoms with Crippen molar-refractivity contribution in [1.29, 1.82) is 0 Å². The molecule has 2 aromatic rings. The Balaban J connectivity index is 2.14. The van der Waals surface area contributed by atoms with Gasteiger partial charge in [0.1, 0.15) is 0 Å². The summed E-state index contributed by atoms with van der Waals surface area (Å²) in [6.07, 6.45) is -3.63. The van der Waals surface area contributed by atoms with Gasteiger partial charge in [0.05, 0.1) is 11.1 Å². The van der Waals surface area contributed by atoms with Crippen LogP contribution in [0.25, 0.3) is 0 Å². The SMILES string of the molecule is C[C@H]([C]1[CH][CH][CH][C]1P(c1cccc(C(F)(F)F)c1)c1cccc(C(F)(F)F)c1)N(C)C. The Bertz CT molecular complexity index is 835.